The Morgan fingerprint density at radius 2 is 2.25 bits per heavy atom. The summed E-state index contributed by atoms with van der Waals surface area (Å²) in [4.78, 5) is 0. The minimum atomic E-state index is 0.248. The third-order valence-corrected chi connectivity index (χ3v) is 4.31. The molecule has 1 saturated carbocycles. The van der Waals surface area contributed by atoms with Crippen LogP contribution in [0.25, 0.3) is 0 Å². The maximum atomic E-state index is 8.75. The molecule has 2 rings (SSSR count). The molecule has 0 atom stereocenters. The second-order valence-corrected chi connectivity index (χ2v) is 5.42. The first kappa shape index (κ1) is 11.5. The van der Waals surface area contributed by atoms with E-state index in [0.29, 0.717) is 6.42 Å². The van der Waals surface area contributed by atoms with Gasteiger partial charge in [-0.3, -0.25) is 0 Å². The van der Waals surface area contributed by atoms with Gasteiger partial charge in [-0.15, -0.1) is 0 Å². The number of anilines is 1. The summed E-state index contributed by atoms with van der Waals surface area (Å²) in [6.07, 6.45) is 3.03. The maximum absolute atomic E-state index is 8.75. The smallest absolute Gasteiger partial charge is 0.0628 e. The Morgan fingerprint density at radius 3 is 2.88 bits per heavy atom. The maximum Gasteiger partial charge on any atom is 0.0628 e. The molecule has 0 bridgehead atoms. The Hall–Kier alpha value is -1.01. The van der Waals surface area contributed by atoms with Gasteiger partial charge >= 0.3 is 0 Å². The van der Waals surface area contributed by atoms with Crippen molar-refractivity contribution in [1.29, 1.82) is 5.26 Å². The number of aryl methyl sites for hydroxylation is 1. The zero-order chi connectivity index (χ0) is 11.6. The van der Waals surface area contributed by atoms with Crippen molar-refractivity contribution in [1.82, 2.24) is 0 Å². The van der Waals surface area contributed by atoms with Crippen molar-refractivity contribution >= 4 is 21.6 Å². The van der Waals surface area contributed by atoms with Crippen LogP contribution in [0.5, 0.6) is 0 Å². The molecule has 0 saturated heterocycles. The summed E-state index contributed by atoms with van der Waals surface area (Å²) < 4.78 is 1.13. The lowest BCUT2D eigenvalue weighted by atomic mass is 10.0. The van der Waals surface area contributed by atoms with E-state index in [1.165, 1.54) is 18.4 Å². The molecule has 0 amide bonds. The molecule has 1 N–H and O–H groups in total. The van der Waals surface area contributed by atoms with Crippen molar-refractivity contribution in [2.75, 3.05) is 11.9 Å². The zero-order valence-electron chi connectivity index (χ0n) is 9.39. The summed E-state index contributed by atoms with van der Waals surface area (Å²) in [7, 11) is 0. The fourth-order valence-electron chi connectivity index (χ4n) is 1.83. The van der Waals surface area contributed by atoms with Gasteiger partial charge in [0.05, 0.1) is 6.07 Å². The number of hydrogen-bond acceptors (Lipinski definition) is 2. The summed E-state index contributed by atoms with van der Waals surface area (Å²) in [5.41, 5.74) is 2.61. The van der Waals surface area contributed by atoms with Crippen LogP contribution in [0.3, 0.4) is 0 Å². The summed E-state index contributed by atoms with van der Waals surface area (Å²) >= 11 is 3.58. The van der Waals surface area contributed by atoms with Gasteiger partial charge in [-0.25, -0.2) is 0 Å². The standard InChI is InChI=1S/C13H15BrN2/c1-10-3-2-4-11(12(10)14)16-9-13(5-6-13)7-8-15/h2-4,16H,5-7,9H2,1H3. The van der Waals surface area contributed by atoms with Gasteiger partial charge in [0.2, 0.25) is 0 Å². The highest BCUT2D eigenvalue weighted by Gasteiger charge is 2.42. The molecule has 1 aromatic carbocycles. The van der Waals surface area contributed by atoms with Gasteiger partial charge in [0.1, 0.15) is 0 Å². The normalized spacial score (nSPS) is 16.6. The molecule has 0 aromatic heterocycles. The van der Waals surface area contributed by atoms with Gasteiger partial charge in [-0.2, -0.15) is 5.26 Å². The van der Waals surface area contributed by atoms with Crippen LogP contribution in [-0.2, 0) is 0 Å². The van der Waals surface area contributed by atoms with Crippen molar-refractivity contribution in [3.8, 4) is 6.07 Å². The second kappa shape index (κ2) is 4.47. The number of hydrogen-bond donors (Lipinski definition) is 1. The molecule has 0 aliphatic heterocycles. The molecule has 3 heteroatoms. The minimum Gasteiger partial charge on any atom is -0.384 e. The lowest BCUT2D eigenvalue weighted by Crippen LogP contribution is -2.15. The molecule has 1 aliphatic carbocycles. The first-order valence-electron chi connectivity index (χ1n) is 5.53. The first-order chi connectivity index (χ1) is 7.67. The van der Waals surface area contributed by atoms with E-state index >= 15 is 0 Å². The zero-order valence-corrected chi connectivity index (χ0v) is 11.0. The SMILES string of the molecule is Cc1cccc(NCC2(CC#N)CC2)c1Br. The van der Waals surface area contributed by atoms with Gasteiger partial charge < -0.3 is 5.32 Å². The highest BCUT2D eigenvalue weighted by atomic mass is 79.9. The van der Waals surface area contributed by atoms with Gasteiger partial charge in [-0.1, -0.05) is 12.1 Å². The third kappa shape index (κ3) is 2.38. The van der Waals surface area contributed by atoms with E-state index in [1.807, 2.05) is 6.07 Å². The van der Waals surface area contributed by atoms with Crippen LogP contribution < -0.4 is 5.32 Å². The van der Waals surface area contributed by atoms with E-state index in [1.54, 1.807) is 0 Å². The fourth-order valence-corrected chi connectivity index (χ4v) is 2.23. The first-order valence-corrected chi connectivity index (χ1v) is 6.32. The van der Waals surface area contributed by atoms with Crippen LogP contribution in [0, 0.1) is 23.7 Å². The molecule has 0 radical (unpaired) electrons. The molecular weight excluding hydrogens is 264 g/mol. The van der Waals surface area contributed by atoms with Gasteiger partial charge in [0.15, 0.2) is 0 Å². The summed E-state index contributed by atoms with van der Waals surface area (Å²) in [5, 5.41) is 12.2. The number of rotatable bonds is 4. The molecular formula is C13H15BrN2. The van der Waals surface area contributed by atoms with Crippen LogP contribution in [0.4, 0.5) is 5.69 Å². The summed E-state index contributed by atoms with van der Waals surface area (Å²) in [5.74, 6) is 0. The van der Waals surface area contributed by atoms with Crippen molar-refractivity contribution in [2.24, 2.45) is 5.41 Å². The molecule has 1 fully saturated rings. The van der Waals surface area contributed by atoms with Crippen molar-refractivity contribution < 1.29 is 0 Å². The molecule has 1 aliphatic rings. The largest absolute Gasteiger partial charge is 0.384 e. The third-order valence-electron chi connectivity index (χ3n) is 3.26. The Balaban J connectivity index is 2.00. The molecule has 84 valence electrons. The van der Waals surface area contributed by atoms with E-state index in [4.69, 9.17) is 5.26 Å². The molecule has 0 spiro atoms. The Bertz CT molecular complexity index is 430. The van der Waals surface area contributed by atoms with Gasteiger partial charge in [0, 0.05) is 28.5 Å². The lowest BCUT2D eigenvalue weighted by Gasteiger charge is -2.15. The fraction of sp³-hybridized carbons (Fsp3) is 0.462. The quantitative estimate of drug-likeness (QED) is 0.908. The van der Waals surface area contributed by atoms with E-state index in [9.17, 15) is 0 Å². The Labute approximate surface area is 105 Å². The van der Waals surface area contributed by atoms with Gasteiger partial charge in [0.25, 0.3) is 0 Å². The Kier molecular flexibility index (Phi) is 3.20. The second-order valence-electron chi connectivity index (χ2n) is 4.62. The highest BCUT2D eigenvalue weighted by molar-refractivity contribution is 9.10. The molecule has 0 unspecified atom stereocenters. The van der Waals surface area contributed by atoms with Crippen molar-refractivity contribution in [3.63, 3.8) is 0 Å². The topological polar surface area (TPSA) is 35.8 Å². The molecule has 16 heavy (non-hydrogen) atoms. The molecule has 1 aromatic rings. The van der Waals surface area contributed by atoms with Crippen LogP contribution in [0.15, 0.2) is 22.7 Å². The van der Waals surface area contributed by atoms with Crippen LogP contribution >= 0.6 is 15.9 Å². The average molecular weight is 279 g/mol. The predicted molar refractivity (Wildman–Crippen MR) is 69.3 cm³/mol. The van der Waals surface area contributed by atoms with Crippen LogP contribution in [-0.4, -0.2) is 6.54 Å². The van der Waals surface area contributed by atoms with E-state index in [-0.39, 0.29) is 5.41 Å². The van der Waals surface area contributed by atoms with E-state index < -0.39 is 0 Å². The monoisotopic (exact) mass is 278 g/mol. The predicted octanol–water partition coefficient (Wildman–Crippen LogP) is 3.86. The summed E-state index contributed by atoms with van der Waals surface area (Å²) in [6.45, 7) is 2.99. The summed E-state index contributed by atoms with van der Waals surface area (Å²) in [6, 6.07) is 8.48. The van der Waals surface area contributed by atoms with Gasteiger partial charge in [-0.05, 0) is 47.3 Å². The van der Waals surface area contributed by atoms with E-state index in [0.717, 1.165) is 16.7 Å². The molecule has 0 heterocycles. The number of nitrogens with zero attached hydrogens (tertiary/aromatic N) is 1. The number of nitrogens with one attached hydrogen (secondary N) is 1. The van der Waals surface area contributed by atoms with Crippen molar-refractivity contribution in [2.45, 2.75) is 26.2 Å². The van der Waals surface area contributed by atoms with Crippen LogP contribution in [0.2, 0.25) is 0 Å². The highest BCUT2D eigenvalue weighted by Crippen LogP contribution is 2.48. The number of halogens is 1. The number of nitriles is 1. The minimum absolute atomic E-state index is 0.248. The average Bonchev–Trinajstić information content (AvgIpc) is 3.02. The lowest BCUT2D eigenvalue weighted by molar-refractivity contribution is 0.557. The van der Waals surface area contributed by atoms with Crippen molar-refractivity contribution in [3.05, 3.63) is 28.2 Å². The van der Waals surface area contributed by atoms with E-state index in [2.05, 4.69) is 46.4 Å². The number of benzene rings is 1. The van der Waals surface area contributed by atoms with Crippen LogP contribution in [0.1, 0.15) is 24.8 Å². The Morgan fingerprint density at radius 1 is 1.50 bits per heavy atom. The molecule has 2 nitrogen and oxygen atoms in total.